The van der Waals surface area contributed by atoms with Gasteiger partial charge < -0.3 is 15.7 Å². The molecule has 1 aliphatic heterocycles. The minimum Gasteiger partial charge on any atom is -0.507 e. The van der Waals surface area contributed by atoms with E-state index in [0.29, 0.717) is 12.0 Å². The largest absolute Gasteiger partial charge is 0.507 e. The van der Waals surface area contributed by atoms with Crippen molar-refractivity contribution in [2.45, 2.75) is 19.3 Å². The Morgan fingerprint density at radius 1 is 0.964 bits per heavy atom. The Balaban J connectivity index is 1.39. The van der Waals surface area contributed by atoms with Crippen LogP contribution in [0, 0.1) is 0 Å². The number of unbranched alkanes of at least 4 members (excludes halogenated alkanes) is 1. The van der Waals surface area contributed by atoms with Gasteiger partial charge in [-0.15, -0.1) is 0 Å². The van der Waals surface area contributed by atoms with Gasteiger partial charge in [-0.3, -0.25) is 14.5 Å². The van der Waals surface area contributed by atoms with Gasteiger partial charge in [0.15, 0.2) is 5.78 Å². The van der Waals surface area contributed by atoms with E-state index in [1.165, 1.54) is 23.9 Å². The van der Waals surface area contributed by atoms with E-state index in [9.17, 15) is 14.7 Å². The van der Waals surface area contributed by atoms with E-state index in [4.69, 9.17) is 5.73 Å². The number of aromatic hydroxyl groups is 1. The Labute approximate surface area is 165 Å². The third-order valence-electron chi connectivity index (χ3n) is 5.21. The van der Waals surface area contributed by atoms with Crippen molar-refractivity contribution in [2.24, 2.45) is 5.73 Å². The summed E-state index contributed by atoms with van der Waals surface area (Å²) >= 11 is 0. The van der Waals surface area contributed by atoms with Gasteiger partial charge in [0.1, 0.15) is 5.75 Å². The van der Waals surface area contributed by atoms with Gasteiger partial charge in [0.25, 0.3) is 5.91 Å². The van der Waals surface area contributed by atoms with E-state index in [2.05, 4.69) is 34.1 Å². The number of carbonyl (C=O) groups excluding carboxylic acids is 2. The third kappa shape index (κ3) is 5.10. The van der Waals surface area contributed by atoms with Crippen molar-refractivity contribution >= 4 is 17.4 Å². The van der Waals surface area contributed by atoms with E-state index in [0.717, 1.165) is 45.6 Å². The van der Waals surface area contributed by atoms with Crippen molar-refractivity contribution in [3.63, 3.8) is 0 Å². The van der Waals surface area contributed by atoms with E-state index < -0.39 is 5.91 Å². The summed E-state index contributed by atoms with van der Waals surface area (Å²) in [6.07, 6.45) is 2.18. The summed E-state index contributed by atoms with van der Waals surface area (Å²) in [4.78, 5) is 28.5. The second-order valence-electron chi connectivity index (χ2n) is 7.14. The summed E-state index contributed by atoms with van der Waals surface area (Å²) in [5.41, 5.74) is 6.90. The number of benzene rings is 2. The van der Waals surface area contributed by atoms with Gasteiger partial charge in [0, 0.05) is 43.9 Å². The molecule has 1 saturated heterocycles. The highest BCUT2D eigenvalue weighted by Crippen LogP contribution is 2.20. The quantitative estimate of drug-likeness (QED) is 0.542. The van der Waals surface area contributed by atoms with Gasteiger partial charge in [-0.1, -0.05) is 18.2 Å². The zero-order valence-electron chi connectivity index (χ0n) is 16.0. The van der Waals surface area contributed by atoms with Crippen LogP contribution < -0.4 is 10.6 Å². The molecular weight excluding hydrogens is 354 g/mol. The Kier molecular flexibility index (Phi) is 6.66. The van der Waals surface area contributed by atoms with Gasteiger partial charge in [-0.2, -0.15) is 0 Å². The normalized spacial score (nSPS) is 14.8. The number of rotatable bonds is 8. The number of piperazine rings is 1. The molecule has 28 heavy (non-hydrogen) atoms. The summed E-state index contributed by atoms with van der Waals surface area (Å²) < 4.78 is 0. The van der Waals surface area contributed by atoms with E-state index in [1.54, 1.807) is 0 Å². The second-order valence-corrected chi connectivity index (χ2v) is 7.14. The van der Waals surface area contributed by atoms with Crippen molar-refractivity contribution in [1.82, 2.24) is 4.90 Å². The molecule has 148 valence electrons. The first-order chi connectivity index (χ1) is 13.5. The van der Waals surface area contributed by atoms with Crippen molar-refractivity contribution in [2.75, 3.05) is 37.6 Å². The molecule has 0 unspecified atom stereocenters. The van der Waals surface area contributed by atoms with E-state index in [1.807, 2.05) is 6.07 Å². The van der Waals surface area contributed by atoms with Crippen LogP contribution in [0.5, 0.6) is 5.75 Å². The van der Waals surface area contributed by atoms with Crippen LogP contribution in [0.4, 0.5) is 5.69 Å². The second kappa shape index (κ2) is 9.37. The lowest BCUT2D eigenvalue weighted by atomic mass is 10.0. The minimum atomic E-state index is -0.734. The Bertz CT molecular complexity index is 815. The number of hydrogen-bond acceptors (Lipinski definition) is 5. The number of Topliss-reactive ketones (excluding diaryl/α,β-unsaturated/α-hetero) is 1. The van der Waals surface area contributed by atoms with Crippen LogP contribution in [-0.2, 0) is 0 Å². The first-order valence-corrected chi connectivity index (χ1v) is 9.73. The van der Waals surface area contributed by atoms with Crippen LogP contribution in [0.3, 0.4) is 0 Å². The van der Waals surface area contributed by atoms with Gasteiger partial charge in [0.05, 0.1) is 5.56 Å². The molecule has 1 aliphatic rings. The van der Waals surface area contributed by atoms with Gasteiger partial charge in [0.2, 0.25) is 0 Å². The zero-order valence-corrected chi connectivity index (χ0v) is 16.0. The van der Waals surface area contributed by atoms with Crippen LogP contribution in [0.1, 0.15) is 40.0 Å². The fourth-order valence-corrected chi connectivity index (χ4v) is 3.54. The summed E-state index contributed by atoms with van der Waals surface area (Å²) in [5, 5.41) is 9.62. The maximum atomic E-state index is 12.3. The molecule has 0 atom stereocenters. The maximum Gasteiger partial charge on any atom is 0.252 e. The van der Waals surface area contributed by atoms with Crippen LogP contribution in [0.15, 0.2) is 48.5 Å². The first kappa shape index (κ1) is 19.9. The van der Waals surface area contributed by atoms with Crippen molar-refractivity contribution in [3.05, 3.63) is 59.7 Å². The maximum absolute atomic E-state index is 12.3. The lowest BCUT2D eigenvalue weighted by molar-refractivity contribution is 0.0977. The number of primary amides is 1. The Morgan fingerprint density at radius 2 is 1.68 bits per heavy atom. The molecule has 3 N–H and O–H groups in total. The van der Waals surface area contributed by atoms with Crippen molar-refractivity contribution in [1.29, 1.82) is 0 Å². The predicted octanol–water partition coefficient (Wildman–Crippen LogP) is 2.67. The summed E-state index contributed by atoms with van der Waals surface area (Å²) in [5.74, 6) is -0.961. The van der Waals surface area contributed by atoms with Crippen molar-refractivity contribution < 1.29 is 14.7 Å². The smallest absolute Gasteiger partial charge is 0.252 e. The average Bonchev–Trinajstić information content (AvgIpc) is 2.72. The van der Waals surface area contributed by atoms with Crippen LogP contribution in [-0.4, -0.2) is 54.4 Å². The van der Waals surface area contributed by atoms with Crippen molar-refractivity contribution in [3.8, 4) is 5.75 Å². The number of ketones is 1. The molecular formula is C22H27N3O3. The first-order valence-electron chi connectivity index (χ1n) is 9.73. The highest BCUT2D eigenvalue weighted by molar-refractivity contribution is 6.01. The molecule has 2 aromatic rings. The summed E-state index contributed by atoms with van der Waals surface area (Å²) in [7, 11) is 0. The molecule has 1 amide bonds. The minimum absolute atomic E-state index is 0.0119. The molecule has 0 saturated carbocycles. The molecule has 0 aromatic heterocycles. The zero-order chi connectivity index (χ0) is 19.9. The fraction of sp³-hybridized carbons (Fsp3) is 0.364. The lowest BCUT2D eigenvalue weighted by Crippen LogP contribution is -2.46. The highest BCUT2D eigenvalue weighted by atomic mass is 16.3. The lowest BCUT2D eigenvalue weighted by Gasteiger charge is -2.36. The summed E-state index contributed by atoms with van der Waals surface area (Å²) in [6.45, 7) is 5.09. The molecule has 0 radical (unpaired) electrons. The summed E-state index contributed by atoms with van der Waals surface area (Å²) in [6, 6.07) is 14.7. The van der Waals surface area contributed by atoms with Gasteiger partial charge in [-0.25, -0.2) is 0 Å². The van der Waals surface area contributed by atoms with Gasteiger partial charge in [-0.05, 0) is 49.7 Å². The molecule has 0 spiro atoms. The molecule has 1 fully saturated rings. The topological polar surface area (TPSA) is 86.9 Å². The number of hydrogen-bond donors (Lipinski definition) is 2. The van der Waals surface area contributed by atoms with Gasteiger partial charge >= 0.3 is 0 Å². The number of para-hydroxylation sites is 1. The molecule has 0 aliphatic carbocycles. The number of nitrogens with two attached hydrogens (primary N) is 1. The number of amides is 1. The average molecular weight is 381 g/mol. The van der Waals surface area contributed by atoms with Crippen LogP contribution >= 0.6 is 0 Å². The molecule has 6 heteroatoms. The Hall–Kier alpha value is -2.86. The number of carbonyl (C=O) groups is 2. The number of nitrogens with zero attached hydrogens (tertiary/aromatic N) is 2. The van der Waals surface area contributed by atoms with Crippen LogP contribution in [0.2, 0.25) is 0 Å². The fourth-order valence-electron chi connectivity index (χ4n) is 3.54. The molecule has 1 heterocycles. The molecule has 3 rings (SSSR count). The monoisotopic (exact) mass is 381 g/mol. The number of anilines is 1. The van der Waals surface area contributed by atoms with E-state index >= 15 is 0 Å². The highest BCUT2D eigenvalue weighted by Gasteiger charge is 2.17. The predicted molar refractivity (Wildman–Crippen MR) is 110 cm³/mol. The SMILES string of the molecule is NC(=O)c1cc(C(=O)CCCCN2CCN(c3ccccc3)CC2)ccc1O. The molecule has 0 bridgehead atoms. The standard InChI is InChI=1S/C22H27N3O3/c23-22(28)19-16-17(9-10-21(19)27)20(26)8-4-5-11-24-12-14-25(15-13-24)18-6-2-1-3-7-18/h1-3,6-7,9-10,16,27H,4-5,8,11-15H2,(H2,23,28). The third-order valence-corrected chi connectivity index (χ3v) is 5.21. The van der Waals surface area contributed by atoms with Crippen LogP contribution in [0.25, 0.3) is 0 Å². The number of phenols is 1. The van der Waals surface area contributed by atoms with E-state index in [-0.39, 0.29) is 17.1 Å². The molecule has 6 nitrogen and oxygen atoms in total. The Morgan fingerprint density at radius 3 is 2.36 bits per heavy atom. The molecule has 2 aromatic carbocycles.